The van der Waals surface area contributed by atoms with E-state index in [0.29, 0.717) is 16.3 Å². The van der Waals surface area contributed by atoms with Gasteiger partial charge in [0, 0.05) is 16.3 Å². The van der Waals surface area contributed by atoms with Crippen molar-refractivity contribution in [3.05, 3.63) is 64.4 Å². The summed E-state index contributed by atoms with van der Waals surface area (Å²) < 4.78 is 13.8. The third-order valence-corrected chi connectivity index (χ3v) is 2.86. The van der Waals surface area contributed by atoms with Crippen LogP contribution in [0.2, 0.25) is 5.02 Å². The highest BCUT2D eigenvalue weighted by Gasteiger charge is 2.12. The second-order valence-corrected chi connectivity index (χ2v) is 4.60. The van der Waals surface area contributed by atoms with Crippen molar-refractivity contribution in [1.82, 2.24) is 0 Å². The van der Waals surface area contributed by atoms with Gasteiger partial charge in [0.1, 0.15) is 5.82 Å². The van der Waals surface area contributed by atoms with Crippen LogP contribution in [0, 0.1) is 17.7 Å². The van der Waals surface area contributed by atoms with Gasteiger partial charge in [-0.1, -0.05) is 29.5 Å². The SMILES string of the molecule is NCC#Cc1ccc(F)c(C(=O)Nc2cccc(Cl)c2)c1. The van der Waals surface area contributed by atoms with Gasteiger partial charge in [-0.05, 0) is 36.4 Å². The Labute approximate surface area is 126 Å². The number of hydrogen-bond donors (Lipinski definition) is 2. The minimum atomic E-state index is -0.618. The largest absolute Gasteiger partial charge is 0.322 e. The molecule has 0 bridgehead atoms. The van der Waals surface area contributed by atoms with Crippen LogP contribution >= 0.6 is 11.6 Å². The van der Waals surface area contributed by atoms with Crippen LogP contribution in [0.1, 0.15) is 15.9 Å². The maximum Gasteiger partial charge on any atom is 0.258 e. The highest BCUT2D eigenvalue weighted by atomic mass is 35.5. The third-order valence-electron chi connectivity index (χ3n) is 2.63. The van der Waals surface area contributed by atoms with Gasteiger partial charge in [-0.15, -0.1) is 0 Å². The van der Waals surface area contributed by atoms with Crippen LogP contribution in [0.15, 0.2) is 42.5 Å². The normalized spacial score (nSPS) is 9.67. The molecule has 0 radical (unpaired) electrons. The summed E-state index contributed by atoms with van der Waals surface area (Å²) >= 11 is 5.83. The molecule has 0 aliphatic heterocycles. The van der Waals surface area contributed by atoms with Crippen LogP contribution in [0.25, 0.3) is 0 Å². The molecule has 0 saturated heterocycles. The van der Waals surface area contributed by atoms with Crippen molar-refractivity contribution in [2.24, 2.45) is 5.73 Å². The molecule has 5 heteroatoms. The lowest BCUT2D eigenvalue weighted by Crippen LogP contribution is -2.14. The number of hydrogen-bond acceptors (Lipinski definition) is 2. The predicted molar refractivity (Wildman–Crippen MR) is 81.7 cm³/mol. The molecule has 0 atom stereocenters. The average molecular weight is 303 g/mol. The van der Waals surface area contributed by atoms with E-state index in [1.165, 1.54) is 18.2 Å². The molecule has 2 rings (SSSR count). The van der Waals surface area contributed by atoms with E-state index in [4.69, 9.17) is 17.3 Å². The summed E-state index contributed by atoms with van der Waals surface area (Å²) in [5.74, 6) is 4.23. The molecule has 3 nitrogen and oxygen atoms in total. The maximum absolute atomic E-state index is 13.8. The van der Waals surface area contributed by atoms with Crippen molar-refractivity contribution in [3.63, 3.8) is 0 Å². The first kappa shape index (κ1) is 15.0. The zero-order chi connectivity index (χ0) is 15.2. The van der Waals surface area contributed by atoms with E-state index in [1.54, 1.807) is 24.3 Å². The number of nitrogens with one attached hydrogen (secondary N) is 1. The van der Waals surface area contributed by atoms with Crippen molar-refractivity contribution in [1.29, 1.82) is 0 Å². The molecule has 106 valence electrons. The van der Waals surface area contributed by atoms with Crippen LogP contribution in [0.3, 0.4) is 0 Å². The maximum atomic E-state index is 13.8. The van der Waals surface area contributed by atoms with Crippen molar-refractivity contribution in [2.45, 2.75) is 0 Å². The summed E-state index contributed by atoms with van der Waals surface area (Å²) in [5, 5.41) is 3.07. The quantitative estimate of drug-likeness (QED) is 0.838. The van der Waals surface area contributed by atoms with Crippen molar-refractivity contribution >= 4 is 23.2 Å². The smallest absolute Gasteiger partial charge is 0.258 e. The van der Waals surface area contributed by atoms with Gasteiger partial charge in [0.15, 0.2) is 0 Å². The van der Waals surface area contributed by atoms with Crippen LogP contribution in [-0.2, 0) is 0 Å². The van der Waals surface area contributed by atoms with Crippen LogP contribution in [0.5, 0.6) is 0 Å². The zero-order valence-corrected chi connectivity index (χ0v) is 11.7. The Morgan fingerprint density at radius 2 is 2.10 bits per heavy atom. The van der Waals surface area contributed by atoms with Crippen LogP contribution in [0.4, 0.5) is 10.1 Å². The number of rotatable bonds is 2. The number of benzene rings is 2. The van der Waals surface area contributed by atoms with Gasteiger partial charge in [0.05, 0.1) is 12.1 Å². The second kappa shape index (κ2) is 6.89. The van der Waals surface area contributed by atoms with E-state index < -0.39 is 11.7 Å². The number of carbonyl (C=O) groups excluding carboxylic acids is 1. The summed E-state index contributed by atoms with van der Waals surface area (Å²) in [6.07, 6.45) is 0. The van der Waals surface area contributed by atoms with E-state index in [2.05, 4.69) is 17.2 Å². The fourth-order valence-corrected chi connectivity index (χ4v) is 1.89. The van der Waals surface area contributed by atoms with Gasteiger partial charge < -0.3 is 11.1 Å². The third kappa shape index (κ3) is 4.06. The number of carbonyl (C=O) groups is 1. The Kier molecular flexibility index (Phi) is 4.94. The number of amides is 1. The molecular formula is C16H12ClFN2O. The summed E-state index contributed by atoms with van der Waals surface area (Å²) in [6.45, 7) is 0.196. The first-order valence-electron chi connectivity index (χ1n) is 6.15. The van der Waals surface area contributed by atoms with Gasteiger partial charge in [-0.3, -0.25) is 4.79 Å². The first-order chi connectivity index (χ1) is 10.1. The second-order valence-electron chi connectivity index (χ2n) is 4.16. The Morgan fingerprint density at radius 3 is 2.81 bits per heavy atom. The average Bonchev–Trinajstić information content (AvgIpc) is 2.46. The van der Waals surface area contributed by atoms with Gasteiger partial charge in [0.25, 0.3) is 5.91 Å². The van der Waals surface area contributed by atoms with Gasteiger partial charge in [-0.2, -0.15) is 0 Å². The molecule has 0 aliphatic carbocycles. The number of anilines is 1. The lowest BCUT2D eigenvalue weighted by molar-refractivity contribution is 0.102. The van der Waals surface area contributed by atoms with Crippen molar-refractivity contribution < 1.29 is 9.18 Å². The molecule has 0 aliphatic rings. The highest BCUT2D eigenvalue weighted by molar-refractivity contribution is 6.30. The van der Waals surface area contributed by atoms with E-state index in [-0.39, 0.29) is 12.1 Å². The molecule has 0 spiro atoms. The minimum Gasteiger partial charge on any atom is -0.322 e. The molecule has 21 heavy (non-hydrogen) atoms. The molecule has 0 fully saturated rings. The lowest BCUT2D eigenvalue weighted by Gasteiger charge is -2.07. The molecule has 0 aromatic heterocycles. The number of nitrogens with two attached hydrogens (primary N) is 1. The van der Waals surface area contributed by atoms with Crippen molar-refractivity contribution in [2.75, 3.05) is 11.9 Å². The van der Waals surface area contributed by atoms with E-state index in [9.17, 15) is 9.18 Å². The van der Waals surface area contributed by atoms with Gasteiger partial charge >= 0.3 is 0 Å². The standard InChI is InChI=1S/C16H12ClFN2O/c17-12-4-1-5-13(10-12)20-16(21)14-9-11(3-2-8-19)6-7-15(14)18/h1,4-7,9-10H,8,19H2,(H,20,21). The number of halogens is 2. The van der Waals surface area contributed by atoms with Crippen molar-refractivity contribution in [3.8, 4) is 11.8 Å². The Morgan fingerprint density at radius 1 is 1.29 bits per heavy atom. The fraction of sp³-hybridized carbons (Fsp3) is 0.0625. The van der Waals surface area contributed by atoms with Gasteiger partial charge in [0.2, 0.25) is 0 Å². The first-order valence-corrected chi connectivity index (χ1v) is 6.53. The molecule has 0 heterocycles. The van der Waals surface area contributed by atoms with E-state index in [1.807, 2.05) is 0 Å². The topological polar surface area (TPSA) is 55.1 Å². The molecule has 3 N–H and O–H groups in total. The Balaban J connectivity index is 2.26. The molecule has 2 aromatic carbocycles. The summed E-state index contributed by atoms with van der Waals surface area (Å²) in [5.41, 5.74) is 6.21. The Bertz CT molecular complexity index is 735. The molecular weight excluding hydrogens is 291 g/mol. The monoisotopic (exact) mass is 302 g/mol. The highest BCUT2D eigenvalue weighted by Crippen LogP contribution is 2.17. The molecule has 1 amide bonds. The van der Waals surface area contributed by atoms with Gasteiger partial charge in [-0.25, -0.2) is 4.39 Å². The zero-order valence-electron chi connectivity index (χ0n) is 11.0. The van der Waals surface area contributed by atoms with E-state index >= 15 is 0 Å². The summed E-state index contributed by atoms with van der Waals surface area (Å²) in [7, 11) is 0. The fourth-order valence-electron chi connectivity index (χ4n) is 1.69. The minimum absolute atomic E-state index is 0.0844. The molecule has 2 aromatic rings. The molecule has 0 saturated carbocycles. The lowest BCUT2D eigenvalue weighted by atomic mass is 10.1. The van der Waals surface area contributed by atoms with Crippen LogP contribution in [-0.4, -0.2) is 12.5 Å². The summed E-state index contributed by atoms with van der Waals surface area (Å²) in [6, 6.07) is 10.7. The van der Waals surface area contributed by atoms with Crippen LogP contribution < -0.4 is 11.1 Å². The Hall–Kier alpha value is -2.35. The predicted octanol–water partition coefficient (Wildman–Crippen LogP) is 3.04. The summed E-state index contributed by atoms with van der Waals surface area (Å²) in [4.78, 5) is 12.1. The molecule has 0 unspecified atom stereocenters. The van der Waals surface area contributed by atoms with E-state index in [0.717, 1.165) is 0 Å².